The van der Waals surface area contributed by atoms with Crippen molar-refractivity contribution in [1.82, 2.24) is 4.90 Å². The molecule has 0 amide bonds. The molecule has 0 aliphatic carbocycles. The van der Waals surface area contributed by atoms with Crippen molar-refractivity contribution in [1.29, 1.82) is 0 Å². The van der Waals surface area contributed by atoms with Crippen LogP contribution in [-0.4, -0.2) is 34.7 Å². The van der Waals surface area contributed by atoms with Crippen LogP contribution in [0.25, 0.3) is 0 Å². The van der Waals surface area contributed by atoms with E-state index in [1.54, 1.807) is 0 Å². The molecule has 0 bridgehead atoms. The van der Waals surface area contributed by atoms with Gasteiger partial charge in [0.05, 0.1) is 0 Å². The Bertz CT molecular complexity index is 179. The average Bonchev–Trinajstić information content (AvgIpc) is 2.42. The van der Waals surface area contributed by atoms with Crippen molar-refractivity contribution in [3.05, 3.63) is 0 Å². The van der Waals surface area contributed by atoms with Crippen LogP contribution in [0.4, 0.5) is 0 Å². The molecule has 1 aliphatic heterocycles. The molecule has 1 saturated heterocycles. The highest BCUT2D eigenvalue weighted by molar-refractivity contribution is 4.96. The second kappa shape index (κ2) is 4.63. The normalized spacial score (nSPS) is 29.4. The van der Waals surface area contributed by atoms with E-state index in [1.165, 1.54) is 19.4 Å². The molecular weight excluding hydrogens is 174 g/mol. The molecule has 14 heavy (non-hydrogen) atoms. The lowest BCUT2D eigenvalue weighted by Gasteiger charge is -2.39. The van der Waals surface area contributed by atoms with Gasteiger partial charge in [-0.1, -0.05) is 6.92 Å². The molecule has 1 aliphatic rings. The van der Waals surface area contributed by atoms with Gasteiger partial charge in [-0.05, 0) is 52.5 Å². The van der Waals surface area contributed by atoms with E-state index in [2.05, 4.69) is 32.6 Å². The van der Waals surface area contributed by atoms with Crippen LogP contribution in [0.2, 0.25) is 0 Å². The summed E-state index contributed by atoms with van der Waals surface area (Å²) in [5, 5.41) is 9.02. The Hall–Kier alpha value is -0.0800. The first-order valence-electron chi connectivity index (χ1n) is 5.91. The summed E-state index contributed by atoms with van der Waals surface area (Å²) in [5.41, 5.74) is 0.276. The molecule has 0 saturated carbocycles. The van der Waals surface area contributed by atoms with E-state index >= 15 is 0 Å². The molecule has 0 aromatic rings. The predicted octanol–water partition coefficient (Wildman–Crippen LogP) is 2.27. The maximum Gasteiger partial charge on any atom is 0.0434 e. The minimum absolute atomic E-state index is 0.276. The zero-order valence-corrected chi connectivity index (χ0v) is 10.1. The Kier molecular flexibility index (Phi) is 3.96. The summed E-state index contributed by atoms with van der Waals surface area (Å²) in [4.78, 5) is 2.60. The fraction of sp³-hybridized carbons (Fsp3) is 1.00. The number of rotatable bonds is 4. The minimum Gasteiger partial charge on any atom is -0.396 e. The first-order chi connectivity index (χ1) is 6.54. The monoisotopic (exact) mass is 199 g/mol. The highest BCUT2D eigenvalue weighted by Gasteiger charge is 2.41. The largest absolute Gasteiger partial charge is 0.396 e. The third-order valence-electron chi connectivity index (χ3n) is 4.06. The summed E-state index contributed by atoms with van der Waals surface area (Å²) in [5.74, 6) is 0.668. The van der Waals surface area contributed by atoms with E-state index in [1.807, 2.05) is 0 Å². The van der Waals surface area contributed by atoms with Gasteiger partial charge in [0.25, 0.3) is 0 Å². The summed E-state index contributed by atoms with van der Waals surface area (Å²) in [6.45, 7) is 10.7. The van der Waals surface area contributed by atoms with Crippen LogP contribution in [0, 0.1) is 5.92 Å². The van der Waals surface area contributed by atoms with Crippen molar-refractivity contribution in [3.8, 4) is 0 Å². The number of aliphatic hydroxyl groups excluding tert-OH is 1. The molecular formula is C12H25NO. The Balaban J connectivity index is 2.65. The lowest BCUT2D eigenvalue weighted by molar-refractivity contribution is 0.0842. The second-order valence-electron chi connectivity index (χ2n) is 5.10. The fourth-order valence-corrected chi connectivity index (χ4v) is 2.83. The first kappa shape index (κ1) is 12.0. The van der Waals surface area contributed by atoms with E-state index in [-0.39, 0.29) is 5.54 Å². The summed E-state index contributed by atoms with van der Waals surface area (Å²) in [7, 11) is 0. The second-order valence-corrected chi connectivity index (χ2v) is 5.10. The lowest BCUT2D eigenvalue weighted by Crippen LogP contribution is -2.47. The number of nitrogens with zero attached hydrogens (tertiary/aromatic N) is 1. The third-order valence-corrected chi connectivity index (χ3v) is 4.06. The van der Waals surface area contributed by atoms with Crippen LogP contribution in [0.1, 0.15) is 47.0 Å². The van der Waals surface area contributed by atoms with E-state index in [4.69, 9.17) is 5.11 Å². The van der Waals surface area contributed by atoms with Crippen LogP contribution in [-0.2, 0) is 0 Å². The third kappa shape index (κ3) is 2.12. The Labute approximate surface area is 88.3 Å². The van der Waals surface area contributed by atoms with E-state index in [9.17, 15) is 0 Å². The van der Waals surface area contributed by atoms with Crippen molar-refractivity contribution in [2.24, 2.45) is 5.92 Å². The van der Waals surface area contributed by atoms with Crippen LogP contribution in [0.3, 0.4) is 0 Å². The molecule has 84 valence electrons. The highest BCUT2D eigenvalue weighted by atomic mass is 16.3. The van der Waals surface area contributed by atoms with Gasteiger partial charge in [-0.2, -0.15) is 0 Å². The predicted molar refractivity (Wildman–Crippen MR) is 60.3 cm³/mol. The van der Waals surface area contributed by atoms with Gasteiger partial charge in [0, 0.05) is 18.2 Å². The Morgan fingerprint density at radius 1 is 1.50 bits per heavy atom. The zero-order valence-electron chi connectivity index (χ0n) is 10.1. The van der Waals surface area contributed by atoms with Gasteiger partial charge >= 0.3 is 0 Å². The minimum atomic E-state index is 0.276. The van der Waals surface area contributed by atoms with Gasteiger partial charge in [-0.15, -0.1) is 0 Å². The lowest BCUT2D eigenvalue weighted by atomic mass is 9.85. The molecule has 2 nitrogen and oxygen atoms in total. The molecule has 0 spiro atoms. The molecule has 1 rings (SSSR count). The van der Waals surface area contributed by atoms with Crippen LogP contribution >= 0.6 is 0 Å². The molecule has 1 fully saturated rings. The highest BCUT2D eigenvalue weighted by Crippen LogP contribution is 2.38. The number of hydrogen-bond acceptors (Lipinski definition) is 2. The van der Waals surface area contributed by atoms with Gasteiger partial charge in [-0.3, -0.25) is 4.90 Å². The van der Waals surface area contributed by atoms with Gasteiger partial charge in [0.2, 0.25) is 0 Å². The quantitative estimate of drug-likeness (QED) is 0.751. The summed E-state index contributed by atoms with van der Waals surface area (Å²) < 4.78 is 0. The van der Waals surface area contributed by atoms with E-state index in [0.717, 1.165) is 6.42 Å². The molecule has 2 atom stereocenters. The topological polar surface area (TPSA) is 23.5 Å². The molecule has 2 heteroatoms. The SMILES string of the molecule is CCC(C)N1CCC(CCO)C1(C)C. The smallest absolute Gasteiger partial charge is 0.0434 e. The number of hydrogen-bond donors (Lipinski definition) is 1. The molecule has 1 heterocycles. The van der Waals surface area contributed by atoms with E-state index < -0.39 is 0 Å². The summed E-state index contributed by atoms with van der Waals surface area (Å²) in [6, 6.07) is 0.675. The van der Waals surface area contributed by atoms with Crippen molar-refractivity contribution in [2.75, 3.05) is 13.2 Å². The van der Waals surface area contributed by atoms with Gasteiger partial charge in [0.15, 0.2) is 0 Å². The van der Waals surface area contributed by atoms with Gasteiger partial charge in [-0.25, -0.2) is 0 Å². The van der Waals surface area contributed by atoms with Gasteiger partial charge in [0.1, 0.15) is 0 Å². The van der Waals surface area contributed by atoms with Crippen molar-refractivity contribution in [2.45, 2.75) is 58.5 Å². The van der Waals surface area contributed by atoms with Crippen LogP contribution < -0.4 is 0 Å². The molecule has 0 radical (unpaired) electrons. The van der Waals surface area contributed by atoms with Crippen molar-refractivity contribution >= 4 is 0 Å². The summed E-state index contributed by atoms with van der Waals surface area (Å²) in [6.07, 6.45) is 3.42. The Morgan fingerprint density at radius 3 is 2.64 bits per heavy atom. The first-order valence-corrected chi connectivity index (χ1v) is 5.91. The fourth-order valence-electron chi connectivity index (χ4n) is 2.83. The molecule has 0 aromatic heterocycles. The van der Waals surface area contributed by atoms with Gasteiger partial charge < -0.3 is 5.11 Å². The maximum atomic E-state index is 9.02. The van der Waals surface area contributed by atoms with Crippen molar-refractivity contribution in [3.63, 3.8) is 0 Å². The van der Waals surface area contributed by atoms with Crippen molar-refractivity contribution < 1.29 is 5.11 Å². The molecule has 1 N–H and O–H groups in total. The van der Waals surface area contributed by atoms with E-state index in [0.29, 0.717) is 18.6 Å². The van der Waals surface area contributed by atoms with Crippen LogP contribution in [0.5, 0.6) is 0 Å². The standard InChI is InChI=1S/C12H25NO/c1-5-10(2)13-8-6-11(7-9-14)12(13,3)4/h10-11,14H,5-9H2,1-4H3. The summed E-state index contributed by atoms with van der Waals surface area (Å²) >= 11 is 0. The zero-order chi connectivity index (χ0) is 10.8. The molecule has 0 aromatic carbocycles. The molecule has 2 unspecified atom stereocenters. The Morgan fingerprint density at radius 2 is 2.14 bits per heavy atom. The maximum absolute atomic E-state index is 9.02. The van der Waals surface area contributed by atoms with Crippen LogP contribution in [0.15, 0.2) is 0 Å². The number of aliphatic hydroxyl groups is 1. The average molecular weight is 199 g/mol. The number of likely N-dealkylation sites (tertiary alicyclic amines) is 1.